The first-order valence-electron chi connectivity index (χ1n) is 4.32. The minimum absolute atomic E-state index is 0.510. The maximum Gasteiger partial charge on any atom is 0.156 e. The second-order valence-corrected chi connectivity index (χ2v) is 5.70. The molecular formula is C9H7Cl2N3S2. The highest BCUT2D eigenvalue weighted by Crippen LogP contribution is 2.36. The summed E-state index contributed by atoms with van der Waals surface area (Å²) in [5, 5.41) is 6.56. The van der Waals surface area contributed by atoms with Gasteiger partial charge in [-0.1, -0.05) is 23.2 Å². The molecule has 0 aromatic carbocycles. The van der Waals surface area contributed by atoms with Crippen molar-refractivity contribution in [1.29, 1.82) is 0 Å². The Morgan fingerprint density at radius 2 is 2.19 bits per heavy atom. The smallest absolute Gasteiger partial charge is 0.156 e. The van der Waals surface area contributed by atoms with Crippen molar-refractivity contribution in [3.05, 3.63) is 27.7 Å². The van der Waals surface area contributed by atoms with Crippen LogP contribution in [0, 0.1) is 0 Å². The number of rotatable bonds is 3. The number of nitrogens with one attached hydrogen (secondary N) is 1. The summed E-state index contributed by atoms with van der Waals surface area (Å²) in [5.74, 6) is 0.616. The Morgan fingerprint density at radius 1 is 1.38 bits per heavy atom. The Balaban J connectivity index is 2.33. The van der Waals surface area contributed by atoms with Crippen molar-refractivity contribution in [3.8, 4) is 0 Å². The number of pyridine rings is 1. The maximum atomic E-state index is 6.06. The highest BCUT2D eigenvalue weighted by atomic mass is 35.5. The third kappa shape index (κ3) is 2.60. The third-order valence-corrected chi connectivity index (χ3v) is 4.30. The standard InChI is InChI=1S/C9H7Cl2N3S2/c1-12-7-5(10)4-6(11)8(14-7)16-9-13-2-3-15-9/h2-4H,1H3,(H,12,14). The summed E-state index contributed by atoms with van der Waals surface area (Å²) < 4.78 is 0.902. The van der Waals surface area contributed by atoms with E-state index in [1.807, 2.05) is 5.38 Å². The van der Waals surface area contributed by atoms with Crippen molar-refractivity contribution < 1.29 is 0 Å². The van der Waals surface area contributed by atoms with Crippen LogP contribution in [0.2, 0.25) is 10.0 Å². The number of hydrogen-bond acceptors (Lipinski definition) is 5. The van der Waals surface area contributed by atoms with E-state index < -0.39 is 0 Å². The van der Waals surface area contributed by atoms with Crippen molar-refractivity contribution in [3.63, 3.8) is 0 Å². The molecule has 0 bridgehead atoms. The zero-order chi connectivity index (χ0) is 11.5. The quantitative estimate of drug-likeness (QED) is 0.926. The van der Waals surface area contributed by atoms with E-state index in [0.29, 0.717) is 20.9 Å². The second-order valence-electron chi connectivity index (χ2n) is 2.76. The molecule has 0 unspecified atom stereocenters. The summed E-state index contributed by atoms with van der Waals surface area (Å²) in [4.78, 5) is 8.48. The SMILES string of the molecule is CNc1nc(Sc2nccs2)c(Cl)cc1Cl. The zero-order valence-corrected chi connectivity index (χ0v) is 11.3. The molecule has 7 heteroatoms. The molecule has 84 valence electrons. The number of thiazole rings is 1. The monoisotopic (exact) mass is 291 g/mol. The molecule has 0 saturated heterocycles. The molecule has 0 amide bonds. The van der Waals surface area contributed by atoms with E-state index in [0.717, 1.165) is 4.34 Å². The topological polar surface area (TPSA) is 37.8 Å². The third-order valence-electron chi connectivity index (χ3n) is 1.73. The molecule has 0 aliphatic heterocycles. The van der Waals surface area contributed by atoms with Crippen LogP contribution in [0.3, 0.4) is 0 Å². The molecule has 0 spiro atoms. The average molecular weight is 292 g/mol. The molecule has 3 nitrogen and oxygen atoms in total. The van der Waals surface area contributed by atoms with Crippen molar-refractivity contribution >= 4 is 52.1 Å². The van der Waals surface area contributed by atoms with Gasteiger partial charge in [-0.15, -0.1) is 11.3 Å². The molecule has 1 N–H and O–H groups in total. The lowest BCUT2D eigenvalue weighted by Gasteiger charge is -2.06. The molecule has 2 heterocycles. The first kappa shape index (κ1) is 12.0. The van der Waals surface area contributed by atoms with Gasteiger partial charge in [-0.2, -0.15) is 0 Å². The van der Waals surface area contributed by atoms with Crippen LogP contribution in [0.25, 0.3) is 0 Å². The Bertz CT molecular complexity index is 488. The molecular weight excluding hydrogens is 285 g/mol. The van der Waals surface area contributed by atoms with Crippen LogP contribution in [-0.4, -0.2) is 17.0 Å². The van der Waals surface area contributed by atoms with Crippen LogP contribution in [0.5, 0.6) is 0 Å². The van der Waals surface area contributed by atoms with Crippen molar-refractivity contribution in [2.24, 2.45) is 0 Å². The highest BCUT2D eigenvalue weighted by molar-refractivity contribution is 8.01. The Kier molecular flexibility index (Phi) is 3.91. The molecule has 2 aromatic heterocycles. The second kappa shape index (κ2) is 5.23. The fourth-order valence-corrected chi connectivity index (χ4v) is 3.14. The largest absolute Gasteiger partial charge is 0.372 e. The normalized spacial score (nSPS) is 10.4. The Morgan fingerprint density at radius 3 is 2.81 bits per heavy atom. The van der Waals surface area contributed by atoms with E-state index in [1.165, 1.54) is 11.8 Å². The van der Waals surface area contributed by atoms with Crippen LogP contribution in [0.4, 0.5) is 5.82 Å². The van der Waals surface area contributed by atoms with Crippen LogP contribution in [0.15, 0.2) is 27.0 Å². The number of aromatic nitrogens is 2. The van der Waals surface area contributed by atoms with Crippen molar-refractivity contribution in [2.45, 2.75) is 9.37 Å². The summed E-state index contributed by atoms with van der Waals surface area (Å²) in [7, 11) is 1.76. The average Bonchev–Trinajstić information content (AvgIpc) is 2.75. The summed E-state index contributed by atoms with van der Waals surface area (Å²) in [5.41, 5.74) is 0. The number of hydrogen-bond donors (Lipinski definition) is 1. The molecule has 0 fully saturated rings. The van der Waals surface area contributed by atoms with Gasteiger partial charge in [0.1, 0.15) is 10.8 Å². The van der Waals surface area contributed by atoms with Gasteiger partial charge in [0, 0.05) is 18.6 Å². The van der Waals surface area contributed by atoms with E-state index in [2.05, 4.69) is 15.3 Å². The molecule has 16 heavy (non-hydrogen) atoms. The fourth-order valence-electron chi connectivity index (χ4n) is 1.04. The highest BCUT2D eigenvalue weighted by Gasteiger charge is 2.10. The van der Waals surface area contributed by atoms with Gasteiger partial charge >= 0.3 is 0 Å². The van der Waals surface area contributed by atoms with Crippen LogP contribution in [-0.2, 0) is 0 Å². The van der Waals surface area contributed by atoms with Gasteiger partial charge in [-0.25, -0.2) is 9.97 Å². The van der Waals surface area contributed by atoms with Crippen molar-refractivity contribution in [1.82, 2.24) is 9.97 Å². The number of halogens is 2. The molecule has 0 radical (unpaired) electrons. The molecule has 0 aliphatic rings. The maximum absolute atomic E-state index is 6.06. The summed E-state index contributed by atoms with van der Waals surface area (Å²) in [6.45, 7) is 0. The van der Waals surface area contributed by atoms with E-state index >= 15 is 0 Å². The zero-order valence-electron chi connectivity index (χ0n) is 8.20. The fraction of sp³-hybridized carbons (Fsp3) is 0.111. The van der Waals surface area contributed by atoms with Crippen LogP contribution >= 0.6 is 46.3 Å². The first-order valence-corrected chi connectivity index (χ1v) is 6.77. The van der Waals surface area contributed by atoms with Crippen molar-refractivity contribution in [2.75, 3.05) is 12.4 Å². The molecule has 2 aromatic rings. The predicted molar refractivity (Wildman–Crippen MR) is 70.0 cm³/mol. The Hall–Kier alpha value is -0.490. The lowest BCUT2D eigenvalue weighted by atomic mass is 10.4. The van der Waals surface area contributed by atoms with E-state index in [4.69, 9.17) is 23.2 Å². The van der Waals surface area contributed by atoms with E-state index in [1.54, 1.807) is 30.6 Å². The van der Waals surface area contributed by atoms with E-state index in [9.17, 15) is 0 Å². The summed E-state index contributed by atoms with van der Waals surface area (Å²) >= 11 is 15.0. The summed E-state index contributed by atoms with van der Waals surface area (Å²) in [6.07, 6.45) is 1.75. The van der Waals surface area contributed by atoms with Gasteiger partial charge in [-0.3, -0.25) is 0 Å². The molecule has 0 atom stereocenters. The predicted octanol–water partition coefficient (Wildman–Crippen LogP) is 4.04. The van der Waals surface area contributed by atoms with Crippen LogP contribution in [0.1, 0.15) is 0 Å². The van der Waals surface area contributed by atoms with Gasteiger partial charge in [0.2, 0.25) is 0 Å². The van der Waals surface area contributed by atoms with Gasteiger partial charge < -0.3 is 5.32 Å². The first-order chi connectivity index (χ1) is 7.70. The number of nitrogens with zero attached hydrogens (tertiary/aromatic N) is 2. The lowest BCUT2D eigenvalue weighted by Crippen LogP contribution is -1.95. The lowest BCUT2D eigenvalue weighted by molar-refractivity contribution is 1.12. The van der Waals surface area contributed by atoms with Gasteiger partial charge in [0.25, 0.3) is 0 Å². The van der Waals surface area contributed by atoms with Gasteiger partial charge in [-0.05, 0) is 17.8 Å². The number of anilines is 1. The molecule has 0 saturated carbocycles. The Labute approximate surface area is 111 Å². The minimum atomic E-state index is 0.510. The molecule has 0 aliphatic carbocycles. The molecule has 2 rings (SSSR count). The van der Waals surface area contributed by atoms with Gasteiger partial charge in [0.15, 0.2) is 4.34 Å². The summed E-state index contributed by atoms with van der Waals surface area (Å²) in [6, 6.07) is 1.68. The minimum Gasteiger partial charge on any atom is -0.372 e. The van der Waals surface area contributed by atoms with Gasteiger partial charge in [0.05, 0.1) is 10.0 Å². The van der Waals surface area contributed by atoms with E-state index in [-0.39, 0.29) is 0 Å². The van der Waals surface area contributed by atoms with Crippen LogP contribution < -0.4 is 5.32 Å².